The molecule has 6 nitrogen and oxygen atoms in total. The summed E-state index contributed by atoms with van der Waals surface area (Å²) in [6.45, 7) is 1.99. The molecule has 0 saturated carbocycles. The molecule has 0 aliphatic carbocycles. The highest BCUT2D eigenvalue weighted by Crippen LogP contribution is 2.33. The van der Waals surface area contributed by atoms with Crippen LogP contribution in [0.5, 0.6) is 0 Å². The van der Waals surface area contributed by atoms with E-state index in [1.165, 1.54) is 0 Å². The highest BCUT2D eigenvalue weighted by molar-refractivity contribution is 5.85. The second kappa shape index (κ2) is 5.18. The van der Waals surface area contributed by atoms with Crippen molar-refractivity contribution in [2.45, 2.75) is 31.3 Å². The number of carboxylic acid groups (broad SMARTS) is 2. The van der Waals surface area contributed by atoms with Crippen molar-refractivity contribution >= 4 is 12.1 Å². The Kier molecular flexibility index (Phi) is 4.11. The van der Waals surface area contributed by atoms with E-state index in [0.29, 0.717) is 0 Å². The molecule has 1 heterocycles. The van der Waals surface area contributed by atoms with Crippen molar-refractivity contribution in [3.05, 3.63) is 12.2 Å². The summed E-state index contributed by atoms with van der Waals surface area (Å²) in [5.74, 6) is -1.09. The van der Waals surface area contributed by atoms with Crippen LogP contribution < -0.4 is 5.32 Å². The fourth-order valence-corrected chi connectivity index (χ4v) is 2.23. The number of aliphatic carboxylic acids is 1. The largest absolute Gasteiger partial charge is 0.479 e. The van der Waals surface area contributed by atoms with Gasteiger partial charge in [0.15, 0.2) is 0 Å². The van der Waals surface area contributed by atoms with E-state index in [2.05, 4.69) is 5.32 Å². The van der Waals surface area contributed by atoms with Crippen LogP contribution in [0.15, 0.2) is 12.2 Å². The standard InChI is InChI=1S/C11H18N2O4/c1-3-4-5-11(9(14)15)6-8(12-2)7-13(11)10(16)17/h3-4,8,12H,5-7H2,1-2H3,(H,14,15)(H,16,17)/t8-,11?/m1/s1. The molecule has 6 heteroatoms. The Morgan fingerprint density at radius 1 is 1.53 bits per heavy atom. The van der Waals surface area contributed by atoms with Gasteiger partial charge in [-0.2, -0.15) is 0 Å². The van der Waals surface area contributed by atoms with Crippen molar-refractivity contribution in [3.63, 3.8) is 0 Å². The summed E-state index contributed by atoms with van der Waals surface area (Å²) < 4.78 is 0. The summed E-state index contributed by atoms with van der Waals surface area (Å²) >= 11 is 0. The lowest BCUT2D eigenvalue weighted by molar-refractivity contribution is -0.148. The van der Waals surface area contributed by atoms with Gasteiger partial charge in [0.25, 0.3) is 0 Å². The summed E-state index contributed by atoms with van der Waals surface area (Å²) in [4.78, 5) is 23.6. The number of amides is 1. The third kappa shape index (κ3) is 2.41. The predicted molar refractivity (Wildman–Crippen MR) is 62.0 cm³/mol. The summed E-state index contributed by atoms with van der Waals surface area (Å²) in [7, 11) is 1.71. The monoisotopic (exact) mass is 242 g/mol. The van der Waals surface area contributed by atoms with Crippen molar-refractivity contribution in [1.29, 1.82) is 0 Å². The van der Waals surface area contributed by atoms with E-state index < -0.39 is 17.6 Å². The van der Waals surface area contributed by atoms with E-state index >= 15 is 0 Å². The Bertz CT molecular complexity index is 342. The maximum atomic E-state index is 11.4. The fourth-order valence-electron chi connectivity index (χ4n) is 2.23. The molecule has 0 spiro atoms. The van der Waals surface area contributed by atoms with E-state index in [0.717, 1.165) is 4.90 Å². The predicted octanol–water partition coefficient (Wildman–Crippen LogP) is 0.748. The van der Waals surface area contributed by atoms with Crippen LogP contribution in [0.1, 0.15) is 19.8 Å². The average molecular weight is 242 g/mol. The molecule has 0 aromatic heterocycles. The number of hydrogen-bond acceptors (Lipinski definition) is 3. The van der Waals surface area contributed by atoms with E-state index in [-0.39, 0.29) is 25.4 Å². The van der Waals surface area contributed by atoms with Gasteiger partial charge in [-0.25, -0.2) is 9.59 Å². The zero-order valence-corrected chi connectivity index (χ0v) is 10.0. The third-order valence-electron chi connectivity index (χ3n) is 3.23. The zero-order chi connectivity index (χ0) is 13.1. The number of likely N-dealkylation sites (N-methyl/N-ethyl adjacent to an activating group) is 1. The molecule has 0 bridgehead atoms. The van der Waals surface area contributed by atoms with Crippen LogP contribution in [0.3, 0.4) is 0 Å². The second-order valence-corrected chi connectivity index (χ2v) is 4.19. The van der Waals surface area contributed by atoms with Gasteiger partial charge in [0.1, 0.15) is 5.54 Å². The second-order valence-electron chi connectivity index (χ2n) is 4.19. The lowest BCUT2D eigenvalue weighted by Gasteiger charge is -2.31. The Balaban J connectivity index is 3.06. The van der Waals surface area contributed by atoms with E-state index in [9.17, 15) is 14.7 Å². The van der Waals surface area contributed by atoms with E-state index in [1.807, 2.05) is 0 Å². The smallest absolute Gasteiger partial charge is 0.408 e. The first-order valence-corrected chi connectivity index (χ1v) is 5.50. The Labute approximate surface area is 99.9 Å². The maximum absolute atomic E-state index is 11.4. The van der Waals surface area contributed by atoms with Crippen LogP contribution in [-0.2, 0) is 4.79 Å². The maximum Gasteiger partial charge on any atom is 0.408 e. The highest BCUT2D eigenvalue weighted by atomic mass is 16.4. The molecule has 1 unspecified atom stereocenters. The number of hydrogen-bond donors (Lipinski definition) is 3. The van der Waals surface area contributed by atoms with Gasteiger partial charge in [0.05, 0.1) is 0 Å². The fraction of sp³-hybridized carbons (Fsp3) is 0.636. The minimum absolute atomic E-state index is 0.118. The molecule has 1 aliphatic rings. The molecular formula is C11H18N2O4. The number of carboxylic acids is 1. The summed E-state index contributed by atoms with van der Waals surface area (Å²) in [5, 5.41) is 21.4. The molecule has 3 N–H and O–H groups in total. The topological polar surface area (TPSA) is 89.9 Å². The quantitative estimate of drug-likeness (QED) is 0.633. The van der Waals surface area contributed by atoms with E-state index in [1.54, 1.807) is 26.1 Å². The van der Waals surface area contributed by atoms with Gasteiger partial charge in [-0.3, -0.25) is 4.90 Å². The van der Waals surface area contributed by atoms with Crippen molar-refractivity contribution in [2.24, 2.45) is 0 Å². The highest BCUT2D eigenvalue weighted by Gasteiger charge is 2.52. The number of carbonyl (C=O) groups is 2. The van der Waals surface area contributed by atoms with Gasteiger partial charge in [-0.1, -0.05) is 12.2 Å². The lowest BCUT2D eigenvalue weighted by atomic mass is 9.91. The van der Waals surface area contributed by atoms with Gasteiger partial charge < -0.3 is 15.5 Å². The Hall–Kier alpha value is -1.56. The van der Waals surface area contributed by atoms with Crippen molar-refractivity contribution < 1.29 is 19.8 Å². The van der Waals surface area contributed by atoms with Gasteiger partial charge in [0, 0.05) is 12.6 Å². The van der Waals surface area contributed by atoms with Crippen molar-refractivity contribution in [2.75, 3.05) is 13.6 Å². The summed E-state index contributed by atoms with van der Waals surface area (Å²) in [6, 6.07) is -0.118. The van der Waals surface area contributed by atoms with Crippen LogP contribution in [0.4, 0.5) is 4.79 Å². The molecule has 0 radical (unpaired) electrons. The molecule has 1 saturated heterocycles. The first-order valence-electron chi connectivity index (χ1n) is 5.50. The molecule has 1 rings (SSSR count). The Morgan fingerprint density at radius 2 is 2.18 bits per heavy atom. The molecule has 0 aromatic rings. The lowest BCUT2D eigenvalue weighted by Crippen LogP contribution is -2.52. The molecule has 1 fully saturated rings. The van der Waals surface area contributed by atoms with Gasteiger partial charge in [-0.15, -0.1) is 0 Å². The number of likely N-dealkylation sites (tertiary alicyclic amines) is 1. The van der Waals surface area contributed by atoms with Gasteiger partial charge >= 0.3 is 12.1 Å². The van der Waals surface area contributed by atoms with Crippen LogP contribution >= 0.6 is 0 Å². The molecule has 96 valence electrons. The molecular weight excluding hydrogens is 224 g/mol. The first-order chi connectivity index (χ1) is 7.97. The van der Waals surface area contributed by atoms with E-state index in [4.69, 9.17) is 5.11 Å². The van der Waals surface area contributed by atoms with Gasteiger partial charge in [0.2, 0.25) is 0 Å². The molecule has 17 heavy (non-hydrogen) atoms. The third-order valence-corrected chi connectivity index (χ3v) is 3.23. The van der Waals surface area contributed by atoms with Crippen LogP contribution in [0, 0.1) is 0 Å². The Morgan fingerprint density at radius 3 is 2.59 bits per heavy atom. The molecule has 2 atom stereocenters. The minimum atomic E-state index is -1.34. The minimum Gasteiger partial charge on any atom is -0.479 e. The van der Waals surface area contributed by atoms with Crippen LogP contribution in [0.25, 0.3) is 0 Å². The summed E-state index contributed by atoms with van der Waals surface area (Å²) in [6.07, 6.45) is 2.73. The molecule has 0 aromatic carbocycles. The first kappa shape index (κ1) is 13.5. The number of rotatable bonds is 4. The number of nitrogens with zero attached hydrogens (tertiary/aromatic N) is 1. The average Bonchev–Trinajstić information content (AvgIpc) is 2.66. The summed E-state index contributed by atoms with van der Waals surface area (Å²) in [5.41, 5.74) is -1.34. The van der Waals surface area contributed by atoms with Crippen LogP contribution in [0.2, 0.25) is 0 Å². The number of allylic oxidation sites excluding steroid dienone is 1. The van der Waals surface area contributed by atoms with Crippen LogP contribution in [-0.4, -0.2) is 52.3 Å². The molecule has 1 aliphatic heterocycles. The SMILES string of the molecule is CC=CCC1(C(=O)O)C[C@@H](NC)CN1C(=O)O. The van der Waals surface area contributed by atoms with Crippen molar-refractivity contribution in [3.8, 4) is 0 Å². The number of nitrogens with one attached hydrogen (secondary N) is 1. The van der Waals surface area contributed by atoms with Crippen molar-refractivity contribution in [1.82, 2.24) is 10.2 Å². The normalized spacial score (nSPS) is 28.8. The zero-order valence-electron chi connectivity index (χ0n) is 10.0. The molecule has 1 amide bonds. The van der Waals surface area contributed by atoms with Gasteiger partial charge in [-0.05, 0) is 26.8 Å².